The van der Waals surface area contributed by atoms with Crippen molar-refractivity contribution in [2.24, 2.45) is 0 Å². The fourth-order valence-corrected chi connectivity index (χ4v) is 2.45. The number of nitrogens with zero attached hydrogens (tertiary/aromatic N) is 2. The quantitative estimate of drug-likeness (QED) is 0.866. The SMILES string of the molecule is Cc1ccc(CNC(=O)[C@]2(C)Oc3cccnc3N(C)C2=O)o1. The van der Waals surface area contributed by atoms with Gasteiger partial charge in [0.25, 0.3) is 17.4 Å². The molecule has 0 bridgehead atoms. The highest BCUT2D eigenvalue weighted by molar-refractivity contribution is 6.15. The van der Waals surface area contributed by atoms with Crippen LogP contribution in [-0.4, -0.2) is 29.4 Å². The largest absolute Gasteiger partial charge is 0.465 e. The van der Waals surface area contributed by atoms with Crippen LogP contribution in [0.5, 0.6) is 5.75 Å². The second kappa shape index (κ2) is 5.42. The minimum absolute atomic E-state index is 0.183. The Labute approximate surface area is 133 Å². The van der Waals surface area contributed by atoms with Crippen LogP contribution in [0.3, 0.4) is 0 Å². The number of rotatable bonds is 3. The number of likely N-dealkylation sites (N-methyl/N-ethyl adjacent to an activating group) is 1. The van der Waals surface area contributed by atoms with Gasteiger partial charge in [0.2, 0.25) is 0 Å². The second-order valence-corrected chi connectivity index (χ2v) is 5.52. The number of aromatic nitrogens is 1. The van der Waals surface area contributed by atoms with Gasteiger partial charge < -0.3 is 14.5 Å². The molecule has 3 heterocycles. The predicted octanol–water partition coefficient (Wildman–Crippen LogP) is 1.41. The van der Waals surface area contributed by atoms with Gasteiger partial charge in [-0.05, 0) is 38.1 Å². The molecule has 0 radical (unpaired) electrons. The Balaban J connectivity index is 1.80. The van der Waals surface area contributed by atoms with E-state index in [4.69, 9.17) is 9.15 Å². The van der Waals surface area contributed by atoms with E-state index in [0.717, 1.165) is 5.76 Å². The third kappa shape index (κ3) is 2.54. The predicted molar refractivity (Wildman–Crippen MR) is 82.0 cm³/mol. The molecule has 0 spiro atoms. The Morgan fingerprint density at radius 1 is 1.39 bits per heavy atom. The molecule has 120 valence electrons. The van der Waals surface area contributed by atoms with Crippen LogP contribution in [0.4, 0.5) is 5.82 Å². The molecule has 1 aliphatic heterocycles. The molecule has 23 heavy (non-hydrogen) atoms. The molecule has 0 saturated heterocycles. The van der Waals surface area contributed by atoms with Crippen molar-refractivity contribution in [2.45, 2.75) is 26.0 Å². The Bertz CT molecular complexity index is 770. The number of pyridine rings is 1. The minimum Gasteiger partial charge on any atom is -0.465 e. The van der Waals surface area contributed by atoms with Crippen molar-refractivity contribution in [3.8, 4) is 5.75 Å². The molecule has 2 amide bonds. The lowest BCUT2D eigenvalue weighted by molar-refractivity contribution is -0.148. The number of amides is 2. The van der Waals surface area contributed by atoms with Crippen molar-refractivity contribution in [1.82, 2.24) is 10.3 Å². The molecule has 0 aromatic carbocycles. The molecule has 0 saturated carbocycles. The van der Waals surface area contributed by atoms with E-state index in [9.17, 15) is 9.59 Å². The Kier molecular flexibility index (Phi) is 3.55. The van der Waals surface area contributed by atoms with Crippen molar-refractivity contribution in [2.75, 3.05) is 11.9 Å². The molecule has 7 nitrogen and oxygen atoms in total. The maximum atomic E-state index is 12.5. The number of carbonyl (C=O) groups excluding carboxylic acids is 2. The highest BCUT2D eigenvalue weighted by Gasteiger charge is 2.50. The number of carbonyl (C=O) groups is 2. The van der Waals surface area contributed by atoms with Gasteiger partial charge in [-0.15, -0.1) is 0 Å². The van der Waals surface area contributed by atoms with Crippen LogP contribution in [0.2, 0.25) is 0 Å². The number of hydrogen-bond acceptors (Lipinski definition) is 5. The molecule has 1 aliphatic rings. The van der Waals surface area contributed by atoms with Crippen molar-refractivity contribution < 1.29 is 18.7 Å². The monoisotopic (exact) mass is 315 g/mol. The average molecular weight is 315 g/mol. The third-order valence-electron chi connectivity index (χ3n) is 3.75. The van der Waals surface area contributed by atoms with Crippen LogP contribution in [0.1, 0.15) is 18.4 Å². The van der Waals surface area contributed by atoms with E-state index in [1.807, 2.05) is 6.92 Å². The van der Waals surface area contributed by atoms with Gasteiger partial charge in [-0.1, -0.05) is 0 Å². The molecular formula is C16H17N3O4. The molecule has 1 N–H and O–H groups in total. The van der Waals surface area contributed by atoms with E-state index < -0.39 is 17.4 Å². The highest BCUT2D eigenvalue weighted by atomic mass is 16.5. The Hall–Kier alpha value is -2.83. The van der Waals surface area contributed by atoms with Gasteiger partial charge in [-0.25, -0.2) is 4.98 Å². The molecule has 2 aromatic rings. The molecule has 1 atom stereocenters. The van der Waals surface area contributed by atoms with Crippen LogP contribution < -0.4 is 15.0 Å². The average Bonchev–Trinajstić information content (AvgIpc) is 2.96. The fraction of sp³-hybridized carbons (Fsp3) is 0.312. The van der Waals surface area contributed by atoms with Crippen LogP contribution in [-0.2, 0) is 16.1 Å². The van der Waals surface area contributed by atoms with Gasteiger partial charge in [0.1, 0.15) is 11.5 Å². The molecule has 7 heteroatoms. The maximum Gasteiger partial charge on any atom is 0.281 e. The van der Waals surface area contributed by atoms with Crippen molar-refractivity contribution in [3.63, 3.8) is 0 Å². The van der Waals surface area contributed by atoms with Crippen molar-refractivity contribution in [3.05, 3.63) is 42.0 Å². The summed E-state index contributed by atoms with van der Waals surface area (Å²) >= 11 is 0. The zero-order chi connectivity index (χ0) is 16.6. The van der Waals surface area contributed by atoms with Crippen molar-refractivity contribution in [1.29, 1.82) is 0 Å². The van der Waals surface area contributed by atoms with Gasteiger partial charge in [-0.3, -0.25) is 14.5 Å². The summed E-state index contributed by atoms with van der Waals surface area (Å²) in [5.41, 5.74) is -1.65. The molecule has 0 aliphatic carbocycles. The summed E-state index contributed by atoms with van der Waals surface area (Å²) in [5, 5.41) is 2.68. The fourth-order valence-electron chi connectivity index (χ4n) is 2.45. The van der Waals surface area contributed by atoms with Crippen LogP contribution in [0.15, 0.2) is 34.9 Å². The number of anilines is 1. The summed E-state index contributed by atoms with van der Waals surface area (Å²) in [7, 11) is 1.57. The van der Waals surface area contributed by atoms with Gasteiger partial charge >= 0.3 is 0 Å². The summed E-state index contributed by atoms with van der Waals surface area (Å²) in [4.78, 5) is 30.5. The number of furan rings is 1. The first-order valence-corrected chi connectivity index (χ1v) is 7.17. The van der Waals surface area contributed by atoms with Crippen molar-refractivity contribution >= 4 is 17.6 Å². The summed E-state index contributed by atoms with van der Waals surface area (Å²) in [6.07, 6.45) is 1.56. The summed E-state index contributed by atoms with van der Waals surface area (Å²) in [5.74, 6) is 1.14. The molecular weight excluding hydrogens is 298 g/mol. The van der Waals surface area contributed by atoms with Crippen LogP contribution in [0, 0.1) is 6.92 Å². The summed E-state index contributed by atoms with van der Waals surface area (Å²) in [6.45, 7) is 3.45. The molecule has 0 fully saturated rings. The molecule has 3 rings (SSSR count). The van der Waals surface area contributed by atoms with E-state index in [1.165, 1.54) is 11.8 Å². The zero-order valence-electron chi connectivity index (χ0n) is 13.1. The van der Waals surface area contributed by atoms with E-state index in [1.54, 1.807) is 37.5 Å². The van der Waals surface area contributed by atoms with Gasteiger partial charge in [0, 0.05) is 13.2 Å². The third-order valence-corrected chi connectivity index (χ3v) is 3.75. The summed E-state index contributed by atoms with van der Waals surface area (Å²) < 4.78 is 11.1. The summed E-state index contributed by atoms with van der Waals surface area (Å²) in [6, 6.07) is 6.94. The number of aryl methyl sites for hydroxylation is 1. The lowest BCUT2D eigenvalue weighted by Gasteiger charge is -2.36. The number of nitrogens with one attached hydrogen (secondary N) is 1. The van der Waals surface area contributed by atoms with E-state index in [-0.39, 0.29) is 6.54 Å². The normalized spacial score (nSPS) is 20.0. The number of fused-ring (bicyclic) bond motifs is 1. The van der Waals surface area contributed by atoms with Crippen LogP contribution in [0.25, 0.3) is 0 Å². The number of hydrogen-bond donors (Lipinski definition) is 1. The topological polar surface area (TPSA) is 84.7 Å². The maximum absolute atomic E-state index is 12.5. The smallest absolute Gasteiger partial charge is 0.281 e. The number of ether oxygens (including phenoxy) is 1. The first-order chi connectivity index (χ1) is 10.9. The molecule has 0 unspecified atom stereocenters. The zero-order valence-corrected chi connectivity index (χ0v) is 13.1. The first kappa shape index (κ1) is 15.1. The lowest BCUT2D eigenvalue weighted by atomic mass is 10.0. The Morgan fingerprint density at radius 3 is 2.87 bits per heavy atom. The van der Waals surface area contributed by atoms with Crippen LogP contribution >= 0.6 is 0 Å². The first-order valence-electron chi connectivity index (χ1n) is 7.17. The van der Waals surface area contributed by atoms with Gasteiger partial charge in [0.05, 0.1) is 6.54 Å². The van der Waals surface area contributed by atoms with Gasteiger partial charge in [0.15, 0.2) is 11.6 Å². The van der Waals surface area contributed by atoms with Gasteiger partial charge in [-0.2, -0.15) is 0 Å². The van der Waals surface area contributed by atoms with E-state index in [0.29, 0.717) is 17.3 Å². The standard InChI is InChI=1S/C16H17N3O4/c1-10-6-7-11(22-10)9-18-14(20)16(2)15(21)19(3)13-12(23-16)5-4-8-17-13/h4-8H,9H2,1-3H3,(H,18,20)/t16-/m0/s1. The lowest BCUT2D eigenvalue weighted by Crippen LogP contribution is -2.61. The Morgan fingerprint density at radius 2 is 2.17 bits per heavy atom. The minimum atomic E-state index is -1.65. The highest BCUT2D eigenvalue weighted by Crippen LogP contribution is 2.35. The van der Waals surface area contributed by atoms with E-state index in [2.05, 4.69) is 10.3 Å². The second-order valence-electron chi connectivity index (χ2n) is 5.52. The van der Waals surface area contributed by atoms with E-state index >= 15 is 0 Å². The molecule has 2 aromatic heterocycles.